The van der Waals surface area contributed by atoms with Crippen molar-refractivity contribution >= 4 is 29.0 Å². The number of hydrogen-bond donors (Lipinski definition) is 3. The summed E-state index contributed by atoms with van der Waals surface area (Å²) in [5.41, 5.74) is 11.3. The molecule has 0 radical (unpaired) electrons. The molecule has 4 N–H and O–H groups in total. The van der Waals surface area contributed by atoms with Gasteiger partial charge >= 0.3 is 0 Å². The van der Waals surface area contributed by atoms with Gasteiger partial charge in [0, 0.05) is 36.2 Å². The minimum absolute atomic E-state index is 0.00911. The Morgan fingerprint density at radius 1 is 1.06 bits per heavy atom. The average molecular weight is 639 g/mol. The summed E-state index contributed by atoms with van der Waals surface area (Å²) in [4.78, 5) is 54.6. The molecule has 47 heavy (non-hydrogen) atoms. The van der Waals surface area contributed by atoms with Gasteiger partial charge in [-0.1, -0.05) is 44.4 Å². The lowest BCUT2D eigenvalue weighted by atomic mass is 9.96. The first kappa shape index (κ1) is 33.5. The van der Waals surface area contributed by atoms with Crippen LogP contribution in [0.15, 0.2) is 48.7 Å². The van der Waals surface area contributed by atoms with Crippen LogP contribution in [0.25, 0.3) is 5.65 Å². The third kappa shape index (κ3) is 7.74. The van der Waals surface area contributed by atoms with Crippen molar-refractivity contribution in [1.29, 1.82) is 0 Å². The van der Waals surface area contributed by atoms with Crippen LogP contribution in [-0.2, 0) is 24.2 Å². The Bertz CT molecular complexity index is 1810. The van der Waals surface area contributed by atoms with Crippen molar-refractivity contribution in [2.75, 3.05) is 13.2 Å². The molecule has 2 aromatic heterocycles. The van der Waals surface area contributed by atoms with Crippen LogP contribution in [0.4, 0.5) is 0 Å². The third-order valence-electron chi connectivity index (χ3n) is 8.61. The summed E-state index contributed by atoms with van der Waals surface area (Å²) in [7, 11) is 0. The molecule has 2 aliphatic rings. The van der Waals surface area contributed by atoms with Crippen molar-refractivity contribution in [1.82, 2.24) is 25.2 Å². The first-order valence-corrected chi connectivity index (χ1v) is 16.2. The minimum Gasteiger partial charge on any atom is -0.486 e. The number of Topliss-reactive ketones (excluding diaryl/α,β-unsaturated/α-hetero) is 2. The number of hydrogen-bond acceptors (Lipinski definition) is 8. The van der Waals surface area contributed by atoms with Crippen LogP contribution in [0.3, 0.4) is 0 Å². The second kappa shape index (κ2) is 15.1. The van der Waals surface area contributed by atoms with Gasteiger partial charge in [0.25, 0.3) is 11.8 Å². The molecule has 1 aliphatic carbocycles. The molecule has 0 saturated heterocycles. The van der Waals surface area contributed by atoms with E-state index in [2.05, 4.69) is 27.6 Å². The van der Waals surface area contributed by atoms with Crippen LogP contribution in [-0.4, -0.2) is 51.1 Å². The smallest absolute Gasteiger partial charge is 0.270 e. The monoisotopic (exact) mass is 638 g/mol. The maximum absolute atomic E-state index is 13.5. The number of nitrogens with two attached hydrogens (primary N) is 1. The molecule has 0 bridgehead atoms. The highest BCUT2D eigenvalue weighted by molar-refractivity contribution is 5.99. The summed E-state index contributed by atoms with van der Waals surface area (Å²) in [5, 5.41) is 10.2. The van der Waals surface area contributed by atoms with Crippen LogP contribution in [0.5, 0.6) is 5.75 Å². The fraction of sp³-hybridized carbons (Fsp3) is 0.389. The van der Waals surface area contributed by atoms with Gasteiger partial charge in [-0.15, -0.1) is 0 Å². The van der Waals surface area contributed by atoms with E-state index < -0.39 is 5.91 Å². The Morgan fingerprint density at radius 3 is 2.66 bits per heavy atom. The highest BCUT2D eigenvalue weighted by atomic mass is 16.5. The molecule has 1 aliphatic heterocycles. The third-order valence-corrected chi connectivity index (χ3v) is 8.61. The van der Waals surface area contributed by atoms with Crippen molar-refractivity contribution in [3.8, 4) is 5.75 Å². The predicted molar refractivity (Wildman–Crippen MR) is 178 cm³/mol. The fourth-order valence-corrected chi connectivity index (χ4v) is 6.12. The zero-order chi connectivity index (χ0) is 33.5. The molecular formula is C36H42N6O5. The van der Waals surface area contributed by atoms with Gasteiger partial charge < -0.3 is 21.1 Å². The zero-order valence-electron chi connectivity index (χ0n) is 27.2. The number of fused-ring (bicyclic) bond motifs is 3. The zero-order valence-corrected chi connectivity index (χ0v) is 27.2. The van der Waals surface area contributed by atoms with Gasteiger partial charge in [-0.25, -0.2) is 9.50 Å². The second-order valence-corrected chi connectivity index (χ2v) is 12.0. The molecule has 0 fully saturated rings. The molecule has 0 saturated carbocycles. The Hall–Kier alpha value is -4.90. The van der Waals surface area contributed by atoms with Gasteiger partial charge in [0.05, 0.1) is 12.2 Å². The number of carbonyl (C=O) groups excluding carboxylic acids is 4. The van der Waals surface area contributed by atoms with E-state index in [-0.39, 0.29) is 48.1 Å². The Kier molecular flexibility index (Phi) is 10.8. The maximum Gasteiger partial charge on any atom is 0.270 e. The highest BCUT2D eigenvalue weighted by Gasteiger charge is 2.28. The van der Waals surface area contributed by atoms with Crippen LogP contribution >= 0.6 is 0 Å². The standard InChI is InChI=1S/C30H27N5O5.C6H15N/c1-16-21(17(2)36)4-5-23-22(16)6-7-24(23)34-30(39)26-13-25(33-28-9-10-32-35(26)28)29(38)31-14-18-3-8-27-19(11-18)12-20(37)15-40-27;1-2-3-4-5-6-7/h3-5,8-11,13,24H,6-7,12,14-15H2,1-2H3,(H,31,38)(H,34,39);2-7H2,1H3/t24-;/m0./s1. The van der Waals surface area contributed by atoms with E-state index >= 15 is 0 Å². The van der Waals surface area contributed by atoms with Crippen molar-refractivity contribution in [3.63, 3.8) is 0 Å². The number of carbonyl (C=O) groups is 4. The quantitative estimate of drug-likeness (QED) is 0.168. The Balaban J connectivity index is 0.000000559. The number of rotatable bonds is 10. The van der Waals surface area contributed by atoms with E-state index in [1.165, 1.54) is 42.5 Å². The summed E-state index contributed by atoms with van der Waals surface area (Å²) in [6.07, 6.45) is 8.46. The minimum atomic E-state index is -0.443. The van der Waals surface area contributed by atoms with Crippen LogP contribution in [0.2, 0.25) is 0 Å². The number of unbranched alkanes of at least 4 members (excludes halogenated alkanes) is 3. The highest BCUT2D eigenvalue weighted by Crippen LogP contribution is 2.35. The fourth-order valence-electron chi connectivity index (χ4n) is 6.12. The number of ketones is 2. The summed E-state index contributed by atoms with van der Waals surface area (Å²) in [5.74, 6) is -0.114. The lowest BCUT2D eigenvalue weighted by Crippen LogP contribution is -2.30. The number of benzene rings is 2. The van der Waals surface area contributed by atoms with Crippen LogP contribution in [0.1, 0.15) is 111 Å². The van der Waals surface area contributed by atoms with E-state index in [1.807, 2.05) is 31.2 Å². The molecular weight excluding hydrogens is 596 g/mol. The van der Waals surface area contributed by atoms with Crippen molar-refractivity contribution in [2.45, 2.75) is 78.3 Å². The van der Waals surface area contributed by atoms with Gasteiger partial charge in [0.1, 0.15) is 23.7 Å². The van der Waals surface area contributed by atoms with E-state index in [1.54, 1.807) is 19.1 Å². The molecule has 2 aromatic carbocycles. The molecule has 0 unspecified atom stereocenters. The predicted octanol–water partition coefficient (Wildman–Crippen LogP) is 4.62. The van der Waals surface area contributed by atoms with Crippen molar-refractivity contribution in [3.05, 3.63) is 93.4 Å². The molecule has 1 atom stereocenters. The second-order valence-electron chi connectivity index (χ2n) is 12.0. The summed E-state index contributed by atoms with van der Waals surface area (Å²) < 4.78 is 6.84. The van der Waals surface area contributed by atoms with Gasteiger partial charge in [-0.3, -0.25) is 19.2 Å². The Labute approximate surface area is 274 Å². The first-order valence-electron chi connectivity index (χ1n) is 16.2. The molecule has 4 aromatic rings. The molecule has 2 amide bonds. The molecule has 6 rings (SSSR count). The number of ether oxygens (including phenoxy) is 1. The number of amides is 2. The summed E-state index contributed by atoms with van der Waals surface area (Å²) in [6, 6.07) is 12.0. The lowest BCUT2D eigenvalue weighted by Gasteiger charge is -2.17. The summed E-state index contributed by atoms with van der Waals surface area (Å²) in [6.45, 7) is 6.86. The van der Waals surface area contributed by atoms with Crippen molar-refractivity contribution < 1.29 is 23.9 Å². The SMILES string of the molecule is CC(=O)c1ccc2c(c1C)CC[C@@H]2NC(=O)c1cc(C(=O)NCc2ccc3c(c2)CC(=O)CO3)nc2ccnn12.CCCCCCN. The average Bonchev–Trinajstić information content (AvgIpc) is 3.71. The molecule has 0 spiro atoms. The number of nitrogens with one attached hydrogen (secondary N) is 2. The van der Waals surface area contributed by atoms with E-state index in [4.69, 9.17) is 10.5 Å². The van der Waals surface area contributed by atoms with Gasteiger partial charge in [-0.2, -0.15) is 5.10 Å². The van der Waals surface area contributed by atoms with Gasteiger partial charge in [-0.05, 0) is 74.0 Å². The largest absolute Gasteiger partial charge is 0.486 e. The lowest BCUT2D eigenvalue weighted by molar-refractivity contribution is -0.121. The molecule has 3 heterocycles. The topological polar surface area (TPSA) is 158 Å². The van der Waals surface area contributed by atoms with Gasteiger partial charge in [0.15, 0.2) is 17.2 Å². The van der Waals surface area contributed by atoms with Gasteiger partial charge in [0.2, 0.25) is 0 Å². The first-order chi connectivity index (χ1) is 22.7. The molecule has 11 heteroatoms. The van der Waals surface area contributed by atoms with E-state index in [0.29, 0.717) is 29.8 Å². The Morgan fingerprint density at radius 2 is 1.89 bits per heavy atom. The number of nitrogens with zero attached hydrogens (tertiary/aromatic N) is 3. The summed E-state index contributed by atoms with van der Waals surface area (Å²) >= 11 is 0. The van der Waals surface area contributed by atoms with Crippen LogP contribution in [0, 0.1) is 6.92 Å². The van der Waals surface area contributed by atoms with E-state index in [9.17, 15) is 19.2 Å². The van der Waals surface area contributed by atoms with E-state index in [0.717, 1.165) is 40.8 Å². The number of aromatic nitrogens is 3. The molecule has 11 nitrogen and oxygen atoms in total. The molecule has 246 valence electrons. The van der Waals surface area contributed by atoms with Crippen molar-refractivity contribution in [2.24, 2.45) is 5.73 Å². The normalized spacial score (nSPS) is 14.8. The maximum atomic E-state index is 13.5. The van der Waals surface area contributed by atoms with Crippen LogP contribution < -0.4 is 21.1 Å².